The standard InChI is InChI=1S/C22H26N2O3/c1-2-27-20-12-19(13-20)24-14-16(8-9-21(24)25)22(26)23-18-10-17(11-18)15-6-4-3-5-7-15/h3-9,14,17-20H,2,10-13H2,1H3,(H,23,26). The number of benzene rings is 1. The molecule has 2 fully saturated rings. The van der Waals surface area contributed by atoms with Gasteiger partial charge in [0, 0.05) is 31.0 Å². The van der Waals surface area contributed by atoms with Gasteiger partial charge in [0.25, 0.3) is 11.5 Å². The summed E-state index contributed by atoms with van der Waals surface area (Å²) in [5.74, 6) is 0.428. The van der Waals surface area contributed by atoms with E-state index in [0.717, 1.165) is 25.7 Å². The second kappa shape index (κ2) is 7.69. The van der Waals surface area contributed by atoms with Crippen molar-refractivity contribution < 1.29 is 9.53 Å². The van der Waals surface area contributed by atoms with E-state index in [2.05, 4.69) is 29.6 Å². The van der Waals surface area contributed by atoms with Crippen LogP contribution in [0.25, 0.3) is 0 Å². The highest BCUT2D eigenvalue weighted by molar-refractivity contribution is 5.94. The summed E-state index contributed by atoms with van der Waals surface area (Å²) in [5, 5.41) is 3.10. The molecule has 1 heterocycles. The monoisotopic (exact) mass is 366 g/mol. The second-order valence-electron chi connectivity index (χ2n) is 7.62. The first-order valence-electron chi connectivity index (χ1n) is 9.83. The van der Waals surface area contributed by atoms with E-state index in [9.17, 15) is 9.59 Å². The minimum atomic E-state index is -0.0963. The van der Waals surface area contributed by atoms with E-state index in [4.69, 9.17) is 4.74 Å². The Morgan fingerprint density at radius 1 is 1.11 bits per heavy atom. The van der Waals surface area contributed by atoms with Gasteiger partial charge in [-0.25, -0.2) is 0 Å². The maximum atomic E-state index is 12.6. The van der Waals surface area contributed by atoms with Gasteiger partial charge in [-0.1, -0.05) is 30.3 Å². The summed E-state index contributed by atoms with van der Waals surface area (Å²) in [6, 6.07) is 13.9. The molecule has 0 unspecified atom stereocenters. The van der Waals surface area contributed by atoms with Gasteiger partial charge in [-0.2, -0.15) is 0 Å². The van der Waals surface area contributed by atoms with Gasteiger partial charge in [0.2, 0.25) is 0 Å². The number of carbonyl (C=O) groups excluding carboxylic acids is 1. The van der Waals surface area contributed by atoms with Crippen molar-refractivity contribution in [1.29, 1.82) is 0 Å². The van der Waals surface area contributed by atoms with Crippen molar-refractivity contribution in [3.05, 3.63) is 70.1 Å². The summed E-state index contributed by atoms with van der Waals surface area (Å²) < 4.78 is 7.27. The Kier molecular flexibility index (Phi) is 5.12. The molecule has 0 atom stereocenters. The molecule has 142 valence electrons. The summed E-state index contributed by atoms with van der Waals surface area (Å²) in [5.41, 5.74) is 1.84. The van der Waals surface area contributed by atoms with E-state index in [0.29, 0.717) is 18.1 Å². The van der Waals surface area contributed by atoms with Gasteiger partial charge in [-0.3, -0.25) is 9.59 Å². The number of amides is 1. The molecular weight excluding hydrogens is 340 g/mol. The van der Waals surface area contributed by atoms with Crippen molar-refractivity contribution in [1.82, 2.24) is 9.88 Å². The number of rotatable bonds is 6. The lowest BCUT2D eigenvalue weighted by atomic mass is 9.76. The van der Waals surface area contributed by atoms with Crippen LogP contribution in [0.1, 0.15) is 60.5 Å². The van der Waals surface area contributed by atoms with Crippen LogP contribution in [0, 0.1) is 0 Å². The number of nitrogens with zero attached hydrogens (tertiary/aromatic N) is 1. The van der Waals surface area contributed by atoms with Crippen molar-refractivity contribution in [2.24, 2.45) is 0 Å². The lowest BCUT2D eigenvalue weighted by Gasteiger charge is -2.37. The highest BCUT2D eigenvalue weighted by atomic mass is 16.5. The smallest absolute Gasteiger partial charge is 0.252 e. The highest BCUT2D eigenvalue weighted by Gasteiger charge is 2.33. The predicted octanol–water partition coefficient (Wildman–Crippen LogP) is 3.26. The molecule has 0 spiro atoms. The van der Waals surface area contributed by atoms with Gasteiger partial charge < -0.3 is 14.6 Å². The zero-order valence-electron chi connectivity index (χ0n) is 15.6. The molecule has 5 nitrogen and oxygen atoms in total. The van der Waals surface area contributed by atoms with Gasteiger partial charge in [0.1, 0.15) is 0 Å². The molecule has 1 amide bonds. The Morgan fingerprint density at radius 3 is 2.56 bits per heavy atom. The van der Waals surface area contributed by atoms with Gasteiger partial charge in [-0.15, -0.1) is 0 Å². The molecule has 27 heavy (non-hydrogen) atoms. The van der Waals surface area contributed by atoms with Crippen molar-refractivity contribution >= 4 is 5.91 Å². The maximum absolute atomic E-state index is 12.6. The van der Waals surface area contributed by atoms with E-state index in [1.54, 1.807) is 16.8 Å². The van der Waals surface area contributed by atoms with Crippen molar-refractivity contribution in [3.63, 3.8) is 0 Å². The average Bonchev–Trinajstić information content (AvgIpc) is 2.62. The Labute approximate surface area is 159 Å². The lowest BCUT2D eigenvalue weighted by molar-refractivity contribution is -0.0205. The van der Waals surface area contributed by atoms with Crippen LogP contribution in [0.15, 0.2) is 53.5 Å². The number of carbonyl (C=O) groups is 1. The second-order valence-corrected chi connectivity index (χ2v) is 7.62. The summed E-state index contributed by atoms with van der Waals surface area (Å²) >= 11 is 0. The number of hydrogen-bond donors (Lipinski definition) is 1. The molecule has 0 saturated heterocycles. The van der Waals surface area contributed by atoms with E-state index in [1.165, 1.54) is 11.6 Å². The van der Waals surface area contributed by atoms with Crippen molar-refractivity contribution in [3.8, 4) is 0 Å². The first kappa shape index (κ1) is 18.0. The topological polar surface area (TPSA) is 60.3 Å². The van der Waals surface area contributed by atoms with Crippen LogP contribution in [0.5, 0.6) is 0 Å². The third kappa shape index (κ3) is 3.83. The van der Waals surface area contributed by atoms with Crippen molar-refractivity contribution in [2.75, 3.05) is 6.61 Å². The van der Waals surface area contributed by atoms with Crippen LogP contribution in [0.3, 0.4) is 0 Å². The lowest BCUT2D eigenvalue weighted by Crippen LogP contribution is -2.44. The molecule has 0 aliphatic heterocycles. The van der Waals surface area contributed by atoms with E-state index in [1.807, 2.05) is 13.0 Å². The molecule has 2 aliphatic carbocycles. The van der Waals surface area contributed by atoms with E-state index in [-0.39, 0.29) is 29.7 Å². The molecule has 1 N–H and O–H groups in total. The molecule has 0 radical (unpaired) electrons. The highest BCUT2D eigenvalue weighted by Crippen LogP contribution is 2.37. The number of aromatic nitrogens is 1. The molecule has 5 heteroatoms. The third-order valence-electron chi connectivity index (χ3n) is 5.81. The zero-order valence-corrected chi connectivity index (χ0v) is 15.6. The Hall–Kier alpha value is -2.40. The average molecular weight is 366 g/mol. The Morgan fingerprint density at radius 2 is 1.85 bits per heavy atom. The maximum Gasteiger partial charge on any atom is 0.252 e. The molecular formula is C22H26N2O3. The predicted molar refractivity (Wildman–Crippen MR) is 104 cm³/mol. The fraction of sp³-hybridized carbons (Fsp3) is 0.455. The Balaban J connectivity index is 1.35. The minimum Gasteiger partial charge on any atom is -0.378 e. The van der Waals surface area contributed by atoms with Crippen LogP contribution < -0.4 is 10.9 Å². The quantitative estimate of drug-likeness (QED) is 0.854. The first-order chi connectivity index (χ1) is 13.1. The van der Waals surface area contributed by atoms with Crippen LogP contribution in [-0.4, -0.2) is 29.2 Å². The molecule has 4 rings (SSSR count). The summed E-state index contributed by atoms with van der Waals surface area (Å²) in [4.78, 5) is 24.8. The number of pyridine rings is 1. The number of hydrogen-bond acceptors (Lipinski definition) is 3. The van der Waals surface area contributed by atoms with E-state index >= 15 is 0 Å². The van der Waals surface area contributed by atoms with Crippen molar-refractivity contribution in [2.45, 2.75) is 56.7 Å². The first-order valence-corrected chi connectivity index (χ1v) is 9.83. The summed E-state index contributed by atoms with van der Waals surface area (Å²) in [7, 11) is 0. The van der Waals surface area contributed by atoms with Crippen LogP contribution in [0.4, 0.5) is 0 Å². The molecule has 1 aromatic heterocycles. The zero-order chi connectivity index (χ0) is 18.8. The van der Waals surface area contributed by atoms with Crippen LogP contribution in [0.2, 0.25) is 0 Å². The fourth-order valence-corrected chi connectivity index (χ4v) is 4.06. The van der Waals surface area contributed by atoms with Gasteiger partial charge >= 0.3 is 0 Å². The number of ether oxygens (including phenoxy) is 1. The Bertz CT molecular complexity index is 849. The third-order valence-corrected chi connectivity index (χ3v) is 5.81. The molecule has 0 bridgehead atoms. The van der Waals surface area contributed by atoms with E-state index < -0.39 is 0 Å². The fourth-order valence-electron chi connectivity index (χ4n) is 4.06. The van der Waals surface area contributed by atoms with Crippen LogP contribution in [-0.2, 0) is 4.74 Å². The number of nitrogens with one attached hydrogen (secondary N) is 1. The molecule has 1 aromatic carbocycles. The molecule has 2 saturated carbocycles. The van der Waals surface area contributed by atoms with Gasteiger partial charge in [0.05, 0.1) is 11.7 Å². The normalized spacial score (nSPS) is 26.7. The van der Waals surface area contributed by atoms with Crippen LogP contribution >= 0.6 is 0 Å². The largest absolute Gasteiger partial charge is 0.378 e. The van der Waals surface area contributed by atoms with Gasteiger partial charge in [-0.05, 0) is 50.2 Å². The minimum absolute atomic E-state index is 0.0562. The SMILES string of the molecule is CCOC1CC(n2cc(C(=O)NC3CC(c4ccccc4)C3)ccc2=O)C1. The summed E-state index contributed by atoms with van der Waals surface area (Å²) in [6.45, 7) is 2.67. The molecule has 2 aromatic rings. The summed E-state index contributed by atoms with van der Waals surface area (Å²) in [6.07, 6.45) is 5.54. The molecule has 2 aliphatic rings. The van der Waals surface area contributed by atoms with Gasteiger partial charge in [0.15, 0.2) is 0 Å².